The number of carbonyl (C=O) groups excluding carboxylic acids is 1. The van der Waals surface area contributed by atoms with Crippen molar-refractivity contribution in [3.63, 3.8) is 0 Å². The maximum atomic E-state index is 11.1. The van der Waals surface area contributed by atoms with Gasteiger partial charge in [0.05, 0.1) is 0 Å². The second-order valence-corrected chi connectivity index (χ2v) is 4.27. The Kier molecular flexibility index (Phi) is 2.00. The van der Waals surface area contributed by atoms with E-state index in [1.807, 2.05) is 0 Å². The summed E-state index contributed by atoms with van der Waals surface area (Å²) in [5, 5.41) is 0. The number of fused-ring (bicyclic) bond motifs is 1. The van der Waals surface area contributed by atoms with E-state index in [1.54, 1.807) is 6.08 Å². The highest BCUT2D eigenvalue weighted by atomic mass is 16.1. The van der Waals surface area contributed by atoms with Crippen LogP contribution in [0.3, 0.4) is 0 Å². The molecule has 2 aliphatic rings. The summed E-state index contributed by atoms with van der Waals surface area (Å²) in [6, 6.07) is 0. The highest BCUT2D eigenvalue weighted by Gasteiger charge is 2.34. The van der Waals surface area contributed by atoms with Gasteiger partial charge in [0.15, 0.2) is 0 Å². The Bertz CT molecular complexity index is 316. The van der Waals surface area contributed by atoms with Crippen LogP contribution in [0.25, 0.3) is 0 Å². The van der Waals surface area contributed by atoms with Crippen LogP contribution < -0.4 is 0 Å². The molecular weight excluding hydrogens is 160 g/mol. The molecule has 0 aliphatic heterocycles. The molecule has 0 N–H and O–H groups in total. The largest absolute Gasteiger partial charge is 0.280 e. The van der Waals surface area contributed by atoms with Gasteiger partial charge in [0.1, 0.15) is 0 Å². The number of hydrogen-bond donors (Lipinski definition) is 0. The molecule has 0 amide bonds. The monoisotopic (exact) mass is 174 g/mol. The minimum absolute atomic E-state index is 0.0318. The van der Waals surface area contributed by atoms with Gasteiger partial charge in [-0.3, -0.25) is 4.79 Å². The van der Waals surface area contributed by atoms with E-state index in [0.29, 0.717) is 5.92 Å². The molecule has 1 nitrogen and oxygen atoms in total. The van der Waals surface area contributed by atoms with E-state index in [2.05, 4.69) is 24.8 Å². The van der Waals surface area contributed by atoms with Gasteiger partial charge in [-0.25, -0.2) is 0 Å². The molecule has 13 heavy (non-hydrogen) atoms. The second-order valence-electron chi connectivity index (χ2n) is 4.27. The third-order valence-electron chi connectivity index (χ3n) is 3.24. The van der Waals surface area contributed by atoms with Gasteiger partial charge >= 0.3 is 0 Å². The van der Waals surface area contributed by atoms with Crippen LogP contribution in [0.5, 0.6) is 0 Å². The van der Waals surface area contributed by atoms with Crippen LogP contribution in [-0.2, 0) is 4.79 Å². The van der Waals surface area contributed by atoms with Crippen LogP contribution in [0.15, 0.2) is 12.2 Å². The lowest BCUT2D eigenvalue weighted by atomic mass is 9.68. The highest BCUT2D eigenvalue weighted by Crippen LogP contribution is 2.42. The van der Waals surface area contributed by atoms with Crippen LogP contribution in [-0.4, -0.2) is 5.78 Å². The first kappa shape index (κ1) is 8.56. The third-order valence-corrected chi connectivity index (χ3v) is 3.24. The van der Waals surface area contributed by atoms with Crippen molar-refractivity contribution in [1.82, 2.24) is 0 Å². The SMILES string of the molecule is CC12C=CC(=O)C#CC1CCCC2. The Balaban J connectivity index is 2.35. The van der Waals surface area contributed by atoms with Crippen LogP contribution in [0, 0.1) is 23.2 Å². The number of rotatable bonds is 0. The normalized spacial score (nSPS) is 37.3. The average Bonchev–Trinajstić information content (AvgIpc) is 2.27. The smallest absolute Gasteiger partial charge is 0.228 e. The fourth-order valence-electron chi connectivity index (χ4n) is 2.26. The molecule has 0 heterocycles. The van der Waals surface area contributed by atoms with Gasteiger partial charge in [-0.1, -0.05) is 31.8 Å². The van der Waals surface area contributed by atoms with E-state index in [4.69, 9.17) is 0 Å². The Morgan fingerprint density at radius 1 is 1.54 bits per heavy atom. The van der Waals surface area contributed by atoms with Crippen molar-refractivity contribution < 1.29 is 4.79 Å². The van der Waals surface area contributed by atoms with Crippen molar-refractivity contribution in [2.75, 3.05) is 0 Å². The Morgan fingerprint density at radius 2 is 2.38 bits per heavy atom. The zero-order chi connectivity index (χ0) is 9.31. The minimum atomic E-state index is -0.0318. The summed E-state index contributed by atoms with van der Waals surface area (Å²) in [4.78, 5) is 11.1. The fraction of sp³-hybridized carbons (Fsp3) is 0.583. The molecule has 0 aromatic carbocycles. The van der Waals surface area contributed by atoms with Crippen molar-refractivity contribution in [3.8, 4) is 11.8 Å². The van der Waals surface area contributed by atoms with Gasteiger partial charge in [-0.15, -0.1) is 0 Å². The molecule has 0 bridgehead atoms. The molecule has 1 heteroatoms. The van der Waals surface area contributed by atoms with Crippen molar-refractivity contribution in [1.29, 1.82) is 0 Å². The van der Waals surface area contributed by atoms with Gasteiger partial charge in [0, 0.05) is 5.92 Å². The average molecular weight is 174 g/mol. The Hall–Kier alpha value is -1.03. The highest BCUT2D eigenvalue weighted by molar-refractivity contribution is 6.04. The van der Waals surface area contributed by atoms with Crippen LogP contribution in [0.4, 0.5) is 0 Å². The van der Waals surface area contributed by atoms with E-state index < -0.39 is 0 Å². The summed E-state index contributed by atoms with van der Waals surface area (Å²) in [5.74, 6) is 6.18. The summed E-state index contributed by atoms with van der Waals surface area (Å²) in [7, 11) is 0. The number of hydrogen-bond acceptors (Lipinski definition) is 1. The Morgan fingerprint density at radius 3 is 3.23 bits per heavy atom. The van der Waals surface area contributed by atoms with Crippen molar-refractivity contribution >= 4 is 5.78 Å². The third kappa shape index (κ3) is 1.54. The maximum absolute atomic E-state index is 11.1. The lowest BCUT2D eigenvalue weighted by Crippen LogP contribution is -2.27. The molecule has 0 spiro atoms. The molecule has 2 unspecified atom stereocenters. The van der Waals surface area contributed by atoms with Crippen LogP contribution >= 0.6 is 0 Å². The molecule has 0 aromatic heterocycles. The molecule has 0 saturated heterocycles. The van der Waals surface area contributed by atoms with Gasteiger partial charge < -0.3 is 0 Å². The van der Waals surface area contributed by atoms with Gasteiger partial charge in [0.2, 0.25) is 5.78 Å². The van der Waals surface area contributed by atoms with Crippen LogP contribution in [0.2, 0.25) is 0 Å². The number of carbonyl (C=O) groups is 1. The zero-order valence-corrected chi connectivity index (χ0v) is 7.97. The van der Waals surface area contributed by atoms with Crippen molar-refractivity contribution in [2.45, 2.75) is 32.6 Å². The van der Waals surface area contributed by atoms with Crippen molar-refractivity contribution in [3.05, 3.63) is 12.2 Å². The van der Waals surface area contributed by atoms with Crippen LogP contribution in [0.1, 0.15) is 32.6 Å². The van der Waals surface area contributed by atoms with Gasteiger partial charge in [-0.2, -0.15) is 0 Å². The molecule has 1 saturated carbocycles. The predicted molar refractivity (Wildman–Crippen MR) is 52.0 cm³/mol. The molecule has 2 atom stereocenters. The lowest BCUT2D eigenvalue weighted by Gasteiger charge is -2.35. The summed E-state index contributed by atoms with van der Waals surface area (Å²) < 4.78 is 0. The Labute approximate surface area is 79.2 Å². The first-order valence-corrected chi connectivity index (χ1v) is 4.95. The lowest BCUT2D eigenvalue weighted by molar-refractivity contribution is -0.109. The number of ketones is 1. The predicted octanol–water partition coefficient (Wildman–Crippen LogP) is 2.33. The van der Waals surface area contributed by atoms with Gasteiger partial charge in [0.25, 0.3) is 0 Å². The molecule has 1 fully saturated rings. The standard InChI is InChI=1S/C12H14O/c1-12-8-3-2-4-10(12)5-6-11(13)7-9-12/h7,9-10H,2-4,8H2,1H3. The molecule has 68 valence electrons. The van der Waals surface area contributed by atoms with E-state index >= 15 is 0 Å². The zero-order valence-electron chi connectivity index (χ0n) is 7.97. The van der Waals surface area contributed by atoms with E-state index in [0.717, 1.165) is 6.42 Å². The molecule has 0 aromatic rings. The first-order valence-electron chi connectivity index (χ1n) is 4.95. The molecule has 0 radical (unpaired) electrons. The minimum Gasteiger partial charge on any atom is -0.280 e. The summed E-state index contributed by atoms with van der Waals surface area (Å²) >= 11 is 0. The topological polar surface area (TPSA) is 17.1 Å². The van der Waals surface area contributed by atoms with Crippen molar-refractivity contribution in [2.24, 2.45) is 11.3 Å². The first-order chi connectivity index (χ1) is 6.21. The van der Waals surface area contributed by atoms with E-state index in [9.17, 15) is 4.79 Å². The molecular formula is C12H14O. The fourth-order valence-corrected chi connectivity index (χ4v) is 2.26. The molecule has 2 rings (SSSR count). The summed E-state index contributed by atoms with van der Waals surface area (Å²) in [5.41, 5.74) is 0.164. The van der Waals surface area contributed by atoms with Gasteiger partial charge in [-0.05, 0) is 30.3 Å². The van der Waals surface area contributed by atoms with E-state index in [1.165, 1.54) is 19.3 Å². The number of allylic oxidation sites excluding steroid dienone is 2. The quantitative estimate of drug-likeness (QED) is 0.407. The summed E-state index contributed by atoms with van der Waals surface area (Å²) in [6.07, 6.45) is 8.58. The molecule has 2 aliphatic carbocycles. The maximum Gasteiger partial charge on any atom is 0.228 e. The second kappa shape index (κ2) is 3.03. The van der Waals surface area contributed by atoms with E-state index in [-0.39, 0.29) is 11.2 Å². The summed E-state index contributed by atoms with van der Waals surface area (Å²) in [6.45, 7) is 2.22.